The highest BCUT2D eigenvalue weighted by atomic mass is 15.1. The van der Waals surface area contributed by atoms with Crippen molar-refractivity contribution in [3.63, 3.8) is 0 Å². The Balaban J connectivity index is 1.08. The number of fused-ring (bicyclic) bond motifs is 16. The highest BCUT2D eigenvalue weighted by molar-refractivity contribution is 6.25. The number of rotatable bonds is 6. The number of hydrogen-bond donors (Lipinski definition) is 0. The molecule has 2 aliphatic rings. The molecule has 0 radical (unpaired) electrons. The second kappa shape index (κ2) is 13.9. The lowest BCUT2D eigenvalue weighted by molar-refractivity contribution is 0.793. The molecule has 1 unspecified atom stereocenters. The van der Waals surface area contributed by atoms with Gasteiger partial charge in [-0.1, -0.05) is 176 Å². The van der Waals surface area contributed by atoms with Gasteiger partial charge in [0.25, 0.3) is 0 Å². The van der Waals surface area contributed by atoms with Gasteiger partial charge in [0.05, 0.1) is 11.1 Å². The Morgan fingerprint density at radius 3 is 1.29 bits per heavy atom. The standard InChI is InChI=1S/C61H40N2/c1-4-19-41(20-5-1)62(44-35-37-50-48-27-11-10-25-46(48)47-26-12-13-28-49(47)54(50)39-44)45-36-38-52-51-29-14-16-31-55(51)61(58(52)40-45)56-32-17-15-30-53(56)60-57(61)33-18-34-59(60)63(42-21-6-2-7-22-42)43-23-8-3-9-24-43/h1-40H. The molecule has 1 spiro atoms. The summed E-state index contributed by atoms with van der Waals surface area (Å²) >= 11 is 0. The molecule has 0 amide bonds. The van der Waals surface area contributed by atoms with Crippen molar-refractivity contribution in [3.05, 3.63) is 265 Å². The molecule has 1 atom stereocenters. The molecule has 2 aliphatic carbocycles. The molecule has 0 saturated carbocycles. The van der Waals surface area contributed by atoms with Crippen molar-refractivity contribution < 1.29 is 0 Å². The normalized spacial score (nSPS) is 14.4. The van der Waals surface area contributed by atoms with Crippen LogP contribution in [-0.4, -0.2) is 0 Å². The van der Waals surface area contributed by atoms with Crippen LogP contribution in [0, 0.1) is 0 Å². The average Bonchev–Trinajstić information content (AvgIpc) is 3.83. The van der Waals surface area contributed by atoms with E-state index in [9.17, 15) is 0 Å². The van der Waals surface area contributed by atoms with Gasteiger partial charge in [0.2, 0.25) is 0 Å². The van der Waals surface area contributed by atoms with Gasteiger partial charge >= 0.3 is 0 Å². The van der Waals surface area contributed by atoms with Gasteiger partial charge in [-0.25, -0.2) is 0 Å². The Morgan fingerprint density at radius 2 is 0.667 bits per heavy atom. The molecule has 0 fully saturated rings. The first kappa shape index (κ1) is 35.5. The summed E-state index contributed by atoms with van der Waals surface area (Å²) in [5.74, 6) is 0. The van der Waals surface area contributed by atoms with E-state index in [0.717, 1.165) is 34.1 Å². The average molecular weight is 801 g/mol. The first-order valence-electron chi connectivity index (χ1n) is 21.9. The van der Waals surface area contributed by atoms with Crippen LogP contribution in [0.3, 0.4) is 0 Å². The third kappa shape index (κ3) is 5.13. The van der Waals surface area contributed by atoms with Gasteiger partial charge in [0.15, 0.2) is 0 Å². The molecule has 0 heterocycles. The summed E-state index contributed by atoms with van der Waals surface area (Å²) < 4.78 is 0. The molecule has 294 valence electrons. The molecule has 2 nitrogen and oxygen atoms in total. The quantitative estimate of drug-likeness (QED) is 0.155. The van der Waals surface area contributed by atoms with Crippen molar-refractivity contribution in [3.8, 4) is 22.3 Å². The molecule has 0 N–H and O–H groups in total. The molecule has 13 rings (SSSR count). The zero-order valence-electron chi connectivity index (χ0n) is 34.5. The van der Waals surface area contributed by atoms with Crippen molar-refractivity contribution in [1.82, 2.24) is 0 Å². The molecular weight excluding hydrogens is 761 g/mol. The van der Waals surface area contributed by atoms with E-state index in [1.54, 1.807) is 0 Å². The predicted octanol–water partition coefficient (Wildman–Crippen LogP) is 16.4. The van der Waals surface area contributed by atoms with E-state index in [0.29, 0.717) is 0 Å². The third-order valence-electron chi connectivity index (χ3n) is 13.6. The van der Waals surface area contributed by atoms with Gasteiger partial charge < -0.3 is 9.80 Å². The number of hydrogen-bond acceptors (Lipinski definition) is 2. The van der Waals surface area contributed by atoms with E-state index in [2.05, 4.69) is 252 Å². The molecular formula is C61H40N2. The van der Waals surface area contributed by atoms with E-state index < -0.39 is 5.41 Å². The Labute approximate surface area is 367 Å². The first-order chi connectivity index (χ1) is 31.3. The minimum Gasteiger partial charge on any atom is -0.310 e. The lowest BCUT2D eigenvalue weighted by Gasteiger charge is -2.33. The molecule has 11 aromatic carbocycles. The molecule has 0 bridgehead atoms. The van der Waals surface area contributed by atoms with Crippen molar-refractivity contribution in [2.24, 2.45) is 0 Å². The van der Waals surface area contributed by atoms with Crippen molar-refractivity contribution >= 4 is 66.4 Å². The van der Waals surface area contributed by atoms with Crippen LogP contribution in [0.1, 0.15) is 22.3 Å². The monoisotopic (exact) mass is 800 g/mol. The zero-order valence-corrected chi connectivity index (χ0v) is 34.5. The van der Waals surface area contributed by atoms with E-state index in [1.807, 2.05) is 0 Å². The van der Waals surface area contributed by atoms with Crippen LogP contribution in [0.5, 0.6) is 0 Å². The van der Waals surface area contributed by atoms with E-state index in [4.69, 9.17) is 0 Å². The molecule has 2 heteroatoms. The van der Waals surface area contributed by atoms with Gasteiger partial charge in [-0.05, 0) is 138 Å². The summed E-state index contributed by atoms with van der Waals surface area (Å²) in [6.45, 7) is 0. The summed E-state index contributed by atoms with van der Waals surface area (Å²) in [4.78, 5) is 4.88. The van der Waals surface area contributed by atoms with Crippen LogP contribution in [0.4, 0.5) is 34.1 Å². The van der Waals surface area contributed by atoms with Crippen LogP contribution in [0.25, 0.3) is 54.6 Å². The largest absolute Gasteiger partial charge is 0.310 e. The Kier molecular flexibility index (Phi) is 7.85. The fourth-order valence-corrected chi connectivity index (χ4v) is 11.1. The SMILES string of the molecule is c1ccc(N(c2ccc3c(c2)C2(c4ccccc4-3)c3ccccc3-c3c(N(c4ccccc4)c4ccccc4)cccc32)c2ccc3c4ccccc4c4ccccc4c3c2)cc1. The minimum absolute atomic E-state index is 0.552. The Morgan fingerprint density at radius 1 is 0.238 bits per heavy atom. The molecule has 0 aliphatic heterocycles. The third-order valence-corrected chi connectivity index (χ3v) is 13.6. The van der Waals surface area contributed by atoms with Gasteiger partial charge in [0.1, 0.15) is 0 Å². The summed E-state index contributed by atoms with van der Waals surface area (Å²) in [6, 6.07) is 89.6. The smallest absolute Gasteiger partial charge is 0.0727 e. The van der Waals surface area contributed by atoms with Crippen molar-refractivity contribution in [2.75, 3.05) is 9.80 Å². The summed E-state index contributed by atoms with van der Waals surface area (Å²) in [7, 11) is 0. The summed E-state index contributed by atoms with van der Waals surface area (Å²) in [5.41, 5.74) is 16.5. The maximum Gasteiger partial charge on any atom is 0.0727 e. The van der Waals surface area contributed by atoms with E-state index in [1.165, 1.54) is 76.8 Å². The van der Waals surface area contributed by atoms with Gasteiger partial charge in [-0.3, -0.25) is 0 Å². The summed E-state index contributed by atoms with van der Waals surface area (Å²) in [5, 5.41) is 7.61. The second-order valence-electron chi connectivity index (χ2n) is 16.8. The number of nitrogens with zero attached hydrogens (tertiary/aromatic N) is 2. The minimum atomic E-state index is -0.552. The topological polar surface area (TPSA) is 6.48 Å². The van der Waals surface area contributed by atoms with Crippen molar-refractivity contribution in [2.45, 2.75) is 5.41 Å². The van der Waals surface area contributed by atoms with Crippen LogP contribution in [-0.2, 0) is 5.41 Å². The predicted molar refractivity (Wildman–Crippen MR) is 265 cm³/mol. The van der Waals surface area contributed by atoms with Crippen LogP contribution < -0.4 is 9.80 Å². The molecule has 11 aromatic rings. The lowest BCUT2D eigenvalue weighted by Crippen LogP contribution is -2.26. The maximum absolute atomic E-state index is 2.50. The molecule has 0 saturated heterocycles. The number of anilines is 6. The Bertz CT molecular complexity index is 3500. The molecule has 63 heavy (non-hydrogen) atoms. The van der Waals surface area contributed by atoms with Gasteiger partial charge in [-0.2, -0.15) is 0 Å². The lowest BCUT2D eigenvalue weighted by atomic mass is 9.70. The fraction of sp³-hybridized carbons (Fsp3) is 0.0164. The van der Waals surface area contributed by atoms with Crippen LogP contribution in [0.2, 0.25) is 0 Å². The van der Waals surface area contributed by atoms with E-state index >= 15 is 0 Å². The first-order valence-corrected chi connectivity index (χ1v) is 21.9. The number of para-hydroxylation sites is 3. The van der Waals surface area contributed by atoms with E-state index in [-0.39, 0.29) is 0 Å². The van der Waals surface area contributed by atoms with Gasteiger partial charge in [-0.15, -0.1) is 0 Å². The number of benzene rings is 11. The van der Waals surface area contributed by atoms with Crippen molar-refractivity contribution in [1.29, 1.82) is 0 Å². The highest BCUT2D eigenvalue weighted by Crippen LogP contribution is 2.65. The highest BCUT2D eigenvalue weighted by Gasteiger charge is 2.52. The Hall–Kier alpha value is -8.20. The molecule has 0 aromatic heterocycles. The second-order valence-corrected chi connectivity index (χ2v) is 16.8. The maximum atomic E-state index is 2.50. The fourth-order valence-electron chi connectivity index (χ4n) is 11.1. The summed E-state index contributed by atoms with van der Waals surface area (Å²) in [6.07, 6.45) is 0. The van der Waals surface area contributed by atoms with Crippen LogP contribution in [0.15, 0.2) is 243 Å². The van der Waals surface area contributed by atoms with Gasteiger partial charge in [0, 0.05) is 34.0 Å². The zero-order chi connectivity index (χ0) is 41.5. The van der Waals surface area contributed by atoms with Crippen LogP contribution >= 0.6 is 0 Å².